The normalized spacial score (nSPS) is 26.7. The maximum absolute atomic E-state index is 12.6. The van der Waals surface area contributed by atoms with Gasteiger partial charge < -0.3 is 18.7 Å². The quantitative estimate of drug-likeness (QED) is 0.833. The van der Waals surface area contributed by atoms with Gasteiger partial charge in [0, 0.05) is 25.4 Å². The first-order chi connectivity index (χ1) is 11.1. The molecule has 0 saturated carbocycles. The fourth-order valence-corrected chi connectivity index (χ4v) is 3.50. The molecule has 0 bridgehead atoms. The molecule has 2 aliphatic rings. The molecule has 0 aromatic carbocycles. The minimum Gasteiger partial charge on any atom is -0.376 e. The highest BCUT2D eigenvalue weighted by atomic mass is 16.5. The summed E-state index contributed by atoms with van der Waals surface area (Å²) in [5.41, 5.74) is 0.522. The molecule has 0 N–H and O–H groups in total. The van der Waals surface area contributed by atoms with Gasteiger partial charge in [0.15, 0.2) is 5.82 Å². The lowest BCUT2D eigenvalue weighted by atomic mass is 9.90. The first-order valence-electron chi connectivity index (χ1n) is 7.73. The van der Waals surface area contributed by atoms with E-state index in [4.69, 9.17) is 13.8 Å². The van der Waals surface area contributed by atoms with Crippen LogP contribution in [0.2, 0.25) is 0 Å². The summed E-state index contributed by atoms with van der Waals surface area (Å²) in [5.74, 6) is 2.37. The van der Waals surface area contributed by atoms with Crippen LogP contribution >= 0.6 is 0 Å². The fourth-order valence-electron chi connectivity index (χ4n) is 3.50. The van der Waals surface area contributed by atoms with Crippen LogP contribution in [0.3, 0.4) is 0 Å². The monoisotopic (exact) mass is 318 g/mol. The largest absolute Gasteiger partial charge is 0.376 e. The molecule has 2 saturated heterocycles. The number of amides is 1. The van der Waals surface area contributed by atoms with Gasteiger partial charge in [-0.3, -0.25) is 4.79 Å². The van der Waals surface area contributed by atoms with Crippen LogP contribution in [0.4, 0.5) is 0 Å². The van der Waals surface area contributed by atoms with Crippen molar-refractivity contribution in [3.05, 3.63) is 29.2 Å². The summed E-state index contributed by atoms with van der Waals surface area (Å²) in [7, 11) is 0. The van der Waals surface area contributed by atoms with E-state index >= 15 is 0 Å². The van der Waals surface area contributed by atoms with Gasteiger partial charge in [-0.25, -0.2) is 0 Å². The number of ether oxygens (including phenoxy) is 1. The number of hydrogen-bond donors (Lipinski definition) is 0. The first kappa shape index (κ1) is 14.4. The van der Waals surface area contributed by atoms with Crippen LogP contribution in [0.5, 0.6) is 0 Å². The number of likely N-dealkylation sites (tertiary alicyclic amines) is 1. The number of carbonyl (C=O) groups excluding carboxylic acids is 1. The number of fused-ring (bicyclic) bond motifs is 1. The molecule has 23 heavy (non-hydrogen) atoms. The number of rotatable bonds is 3. The van der Waals surface area contributed by atoms with E-state index in [0.29, 0.717) is 61.0 Å². The van der Waals surface area contributed by atoms with E-state index in [0.717, 1.165) is 0 Å². The summed E-state index contributed by atoms with van der Waals surface area (Å²) >= 11 is 0. The van der Waals surface area contributed by atoms with Crippen molar-refractivity contribution in [2.75, 3.05) is 19.7 Å². The Balaban J connectivity index is 1.45. The molecule has 122 valence electrons. The van der Waals surface area contributed by atoms with Crippen LogP contribution in [-0.4, -0.2) is 51.9 Å². The van der Waals surface area contributed by atoms with Crippen LogP contribution < -0.4 is 0 Å². The van der Waals surface area contributed by atoms with E-state index in [1.54, 1.807) is 13.8 Å². The van der Waals surface area contributed by atoms with Gasteiger partial charge in [-0.05, 0) is 19.8 Å². The van der Waals surface area contributed by atoms with Crippen molar-refractivity contribution in [3.63, 3.8) is 0 Å². The van der Waals surface area contributed by atoms with E-state index in [2.05, 4.69) is 15.3 Å². The Bertz CT molecular complexity index is 725. The van der Waals surface area contributed by atoms with E-state index in [1.807, 2.05) is 4.90 Å². The van der Waals surface area contributed by atoms with Gasteiger partial charge in [0.25, 0.3) is 5.91 Å². The molecule has 3 atom stereocenters. The van der Waals surface area contributed by atoms with Crippen molar-refractivity contribution in [3.8, 4) is 0 Å². The molecule has 0 unspecified atom stereocenters. The van der Waals surface area contributed by atoms with E-state index in [9.17, 15) is 4.79 Å². The zero-order valence-corrected chi connectivity index (χ0v) is 13.1. The third kappa shape index (κ3) is 2.52. The fraction of sp³-hybridized carbons (Fsp3) is 0.600. The predicted molar refractivity (Wildman–Crippen MR) is 76.6 cm³/mol. The van der Waals surface area contributed by atoms with Gasteiger partial charge in [0.05, 0.1) is 18.9 Å². The van der Waals surface area contributed by atoms with Gasteiger partial charge in [-0.15, -0.1) is 0 Å². The van der Waals surface area contributed by atoms with E-state index in [1.165, 1.54) is 6.20 Å². The molecule has 2 aromatic heterocycles. The van der Waals surface area contributed by atoms with Crippen LogP contribution in [0, 0.1) is 25.7 Å². The summed E-state index contributed by atoms with van der Waals surface area (Å²) in [5, 5.41) is 7.50. The van der Waals surface area contributed by atoms with Gasteiger partial charge >= 0.3 is 0 Å². The molecule has 1 amide bonds. The number of aromatic nitrogens is 3. The van der Waals surface area contributed by atoms with Gasteiger partial charge in [0.2, 0.25) is 5.89 Å². The minimum atomic E-state index is -0.0471. The SMILES string of the molecule is Cc1noc(C[C@@H]2CO[C@@H]3CN(C(=O)c4cnoc4C)C[C@H]23)n1. The Morgan fingerprint density at radius 1 is 1.35 bits per heavy atom. The van der Waals surface area contributed by atoms with Crippen molar-refractivity contribution in [2.24, 2.45) is 11.8 Å². The van der Waals surface area contributed by atoms with E-state index in [-0.39, 0.29) is 12.0 Å². The number of nitrogens with zero attached hydrogens (tertiary/aromatic N) is 4. The second-order valence-corrected chi connectivity index (χ2v) is 6.24. The Hall–Kier alpha value is -2.22. The Labute approximate surface area is 132 Å². The first-order valence-corrected chi connectivity index (χ1v) is 7.73. The third-order valence-electron chi connectivity index (χ3n) is 4.71. The minimum absolute atomic E-state index is 0.0471. The zero-order valence-electron chi connectivity index (χ0n) is 13.1. The highest BCUT2D eigenvalue weighted by Crippen LogP contribution is 2.36. The molecule has 2 fully saturated rings. The van der Waals surface area contributed by atoms with Crippen molar-refractivity contribution in [1.82, 2.24) is 20.2 Å². The molecule has 2 aromatic rings. The maximum atomic E-state index is 12.6. The van der Waals surface area contributed by atoms with Gasteiger partial charge in [0.1, 0.15) is 11.3 Å². The maximum Gasteiger partial charge on any atom is 0.259 e. The second kappa shape index (κ2) is 5.45. The summed E-state index contributed by atoms with van der Waals surface area (Å²) in [6, 6.07) is 0. The third-order valence-corrected chi connectivity index (χ3v) is 4.71. The van der Waals surface area contributed by atoms with Crippen molar-refractivity contribution in [2.45, 2.75) is 26.4 Å². The summed E-state index contributed by atoms with van der Waals surface area (Å²) in [6.07, 6.45) is 2.25. The average Bonchev–Trinajstić information content (AvgIpc) is 3.25. The van der Waals surface area contributed by atoms with Crippen LogP contribution in [0.15, 0.2) is 15.2 Å². The van der Waals surface area contributed by atoms with E-state index < -0.39 is 0 Å². The number of carbonyl (C=O) groups is 1. The summed E-state index contributed by atoms with van der Waals surface area (Å²) in [4.78, 5) is 18.6. The molecule has 0 spiro atoms. The lowest BCUT2D eigenvalue weighted by molar-refractivity contribution is 0.0674. The number of aryl methyl sites for hydroxylation is 2. The predicted octanol–water partition coefficient (Wildman–Crippen LogP) is 1.00. The lowest BCUT2D eigenvalue weighted by Crippen LogP contribution is -2.31. The molecule has 8 heteroatoms. The molecule has 0 aliphatic carbocycles. The molecule has 8 nitrogen and oxygen atoms in total. The van der Waals surface area contributed by atoms with Crippen molar-refractivity contribution in [1.29, 1.82) is 0 Å². The zero-order chi connectivity index (χ0) is 16.0. The smallest absolute Gasteiger partial charge is 0.259 e. The van der Waals surface area contributed by atoms with Crippen LogP contribution in [0.25, 0.3) is 0 Å². The molecule has 4 rings (SSSR count). The molecule has 2 aliphatic heterocycles. The van der Waals surface area contributed by atoms with Crippen LogP contribution in [0.1, 0.15) is 27.8 Å². The van der Waals surface area contributed by atoms with Crippen LogP contribution in [-0.2, 0) is 11.2 Å². The Kier molecular flexibility index (Phi) is 3.41. The summed E-state index contributed by atoms with van der Waals surface area (Å²) < 4.78 is 16.1. The van der Waals surface area contributed by atoms with Crippen molar-refractivity contribution >= 4 is 5.91 Å². The number of hydrogen-bond acceptors (Lipinski definition) is 7. The Morgan fingerprint density at radius 2 is 2.22 bits per heavy atom. The standard InChI is InChI=1S/C15H18N4O4/c1-8-11(4-16-22-8)15(20)19-5-12-10(7-21-13(12)6-19)3-14-17-9(2)18-23-14/h4,10,12-13H,3,5-7H2,1-2H3/t10-,12-,13-/m1/s1. The molecular formula is C15H18N4O4. The topological polar surface area (TPSA) is 94.5 Å². The molecule has 0 radical (unpaired) electrons. The molecule has 4 heterocycles. The van der Waals surface area contributed by atoms with Crippen molar-refractivity contribution < 1.29 is 18.6 Å². The second-order valence-electron chi connectivity index (χ2n) is 6.24. The van der Waals surface area contributed by atoms with Gasteiger partial charge in [-0.1, -0.05) is 10.3 Å². The average molecular weight is 318 g/mol. The lowest BCUT2D eigenvalue weighted by Gasteiger charge is -2.18. The summed E-state index contributed by atoms with van der Waals surface area (Å²) in [6.45, 7) is 5.50. The highest BCUT2D eigenvalue weighted by Gasteiger charge is 2.46. The highest BCUT2D eigenvalue weighted by molar-refractivity contribution is 5.95. The Morgan fingerprint density at radius 3 is 2.91 bits per heavy atom. The van der Waals surface area contributed by atoms with Gasteiger partial charge in [-0.2, -0.15) is 4.98 Å². The molecular weight excluding hydrogens is 300 g/mol.